The summed E-state index contributed by atoms with van der Waals surface area (Å²) in [5.74, 6) is 0.679. The third-order valence-electron chi connectivity index (χ3n) is 5.69. The van der Waals surface area contributed by atoms with E-state index in [1.54, 1.807) is 6.20 Å². The third kappa shape index (κ3) is 3.38. The van der Waals surface area contributed by atoms with Gasteiger partial charge < -0.3 is 4.90 Å². The van der Waals surface area contributed by atoms with Crippen LogP contribution in [0.15, 0.2) is 12.4 Å². The van der Waals surface area contributed by atoms with Crippen LogP contribution in [0.4, 0.5) is 5.82 Å². The maximum absolute atomic E-state index is 9.84. The minimum atomic E-state index is 0.210. The van der Waals surface area contributed by atoms with E-state index < -0.39 is 0 Å². The first-order valence-corrected chi connectivity index (χ1v) is 9.78. The zero-order valence-corrected chi connectivity index (χ0v) is 15.4. The molecule has 2 aromatic rings. The van der Waals surface area contributed by atoms with Crippen molar-refractivity contribution in [2.24, 2.45) is 0 Å². The van der Waals surface area contributed by atoms with Crippen LogP contribution in [0, 0.1) is 22.7 Å². The first-order chi connectivity index (χ1) is 13.3. The number of nitriles is 2. The van der Waals surface area contributed by atoms with E-state index in [1.165, 1.54) is 12.8 Å². The summed E-state index contributed by atoms with van der Waals surface area (Å²) in [6, 6.07) is 4.82. The van der Waals surface area contributed by atoms with Crippen molar-refractivity contribution in [1.29, 1.82) is 10.5 Å². The van der Waals surface area contributed by atoms with E-state index in [2.05, 4.69) is 27.4 Å². The van der Waals surface area contributed by atoms with Gasteiger partial charge in [0.05, 0.1) is 17.8 Å². The molecular weight excluding hydrogens is 338 g/mol. The molecule has 1 saturated heterocycles. The van der Waals surface area contributed by atoms with Gasteiger partial charge in [0.25, 0.3) is 0 Å². The first-order valence-electron chi connectivity index (χ1n) is 9.78. The van der Waals surface area contributed by atoms with Gasteiger partial charge in [0.15, 0.2) is 0 Å². The van der Waals surface area contributed by atoms with E-state index in [0.29, 0.717) is 16.9 Å². The van der Waals surface area contributed by atoms with E-state index in [9.17, 15) is 10.5 Å². The van der Waals surface area contributed by atoms with Gasteiger partial charge in [0.1, 0.15) is 23.5 Å². The van der Waals surface area contributed by atoms with Gasteiger partial charge in [0.2, 0.25) is 0 Å². The predicted molar refractivity (Wildman–Crippen MR) is 100 cm³/mol. The molecule has 1 fully saturated rings. The van der Waals surface area contributed by atoms with Gasteiger partial charge in [-0.15, -0.1) is 5.10 Å². The Morgan fingerprint density at radius 2 is 1.81 bits per heavy atom. The smallest absolute Gasteiger partial charge is 0.148 e. The van der Waals surface area contributed by atoms with Gasteiger partial charge in [0, 0.05) is 25.0 Å². The van der Waals surface area contributed by atoms with Gasteiger partial charge >= 0.3 is 0 Å². The summed E-state index contributed by atoms with van der Waals surface area (Å²) in [5, 5.41) is 27.7. The lowest BCUT2D eigenvalue weighted by Gasteiger charge is -2.34. The van der Waals surface area contributed by atoms with Crippen molar-refractivity contribution in [3.05, 3.63) is 34.8 Å². The number of aromatic nitrogens is 4. The first kappa shape index (κ1) is 17.5. The average Bonchev–Trinajstić information content (AvgIpc) is 3.22. The normalized spacial score (nSPS) is 20.1. The molecule has 3 heterocycles. The molecule has 2 aliphatic rings. The SMILES string of the molecule is N#Cc1c(N2CCCC(n3ccnn3)C2)nc2c(c1C#N)CCCCCC2. The molecule has 4 rings (SSSR count). The van der Waals surface area contributed by atoms with Gasteiger partial charge in [-0.2, -0.15) is 10.5 Å². The van der Waals surface area contributed by atoms with Crippen LogP contribution in [-0.4, -0.2) is 33.1 Å². The summed E-state index contributed by atoms with van der Waals surface area (Å²) in [4.78, 5) is 7.10. The van der Waals surface area contributed by atoms with Crippen molar-refractivity contribution in [1.82, 2.24) is 20.0 Å². The Hall–Kier alpha value is -2.93. The summed E-state index contributed by atoms with van der Waals surface area (Å²) >= 11 is 0. The van der Waals surface area contributed by atoms with Crippen LogP contribution in [-0.2, 0) is 12.8 Å². The molecule has 27 heavy (non-hydrogen) atoms. The number of rotatable bonds is 2. The number of anilines is 1. The molecule has 138 valence electrons. The highest BCUT2D eigenvalue weighted by Gasteiger charge is 2.28. The molecule has 7 nitrogen and oxygen atoms in total. The number of hydrogen-bond donors (Lipinski definition) is 0. The Labute approximate surface area is 159 Å². The van der Waals surface area contributed by atoms with Crippen molar-refractivity contribution in [3.63, 3.8) is 0 Å². The monoisotopic (exact) mass is 361 g/mol. The predicted octanol–water partition coefficient (Wildman–Crippen LogP) is 2.92. The molecule has 2 aromatic heterocycles. The van der Waals surface area contributed by atoms with Crippen molar-refractivity contribution in [3.8, 4) is 12.1 Å². The second-order valence-corrected chi connectivity index (χ2v) is 7.37. The van der Waals surface area contributed by atoms with Gasteiger partial charge in [-0.3, -0.25) is 0 Å². The fourth-order valence-electron chi connectivity index (χ4n) is 4.32. The molecule has 0 bridgehead atoms. The highest BCUT2D eigenvalue weighted by atomic mass is 15.4. The van der Waals surface area contributed by atoms with Crippen LogP contribution in [0.25, 0.3) is 0 Å². The molecule has 7 heteroatoms. The molecule has 0 N–H and O–H groups in total. The molecule has 1 unspecified atom stereocenters. The fourth-order valence-corrected chi connectivity index (χ4v) is 4.32. The van der Waals surface area contributed by atoms with Crippen LogP contribution in [0.1, 0.15) is 67.0 Å². The largest absolute Gasteiger partial charge is 0.353 e. The van der Waals surface area contributed by atoms with E-state index >= 15 is 0 Å². The Morgan fingerprint density at radius 1 is 1.00 bits per heavy atom. The second kappa shape index (κ2) is 7.75. The van der Waals surface area contributed by atoms with E-state index in [0.717, 1.165) is 62.9 Å². The molecule has 0 aromatic carbocycles. The van der Waals surface area contributed by atoms with Crippen LogP contribution >= 0.6 is 0 Å². The zero-order valence-electron chi connectivity index (χ0n) is 15.4. The number of fused-ring (bicyclic) bond motifs is 1. The molecule has 0 saturated carbocycles. The summed E-state index contributed by atoms with van der Waals surface area (Å²) in [6.07, 6.45) is 11.9. The van der Waals surface area contributed by atoms with Crippen LogP contribution in [0.3, 0.4) is 0 Å². The molecule has 0 spiro atoms. The van der Waals surface area contributed by atoms with E-state index in [1.807, 2.05) is 10.9 Å². The van der Waals surface area contributed by atoms with Crippen molar-refractivity contribution in [2.45, 2.75) is 57.4 Å². The number of piperidine rings is 1. The maximum Gasteiger partial charge on any atom is 0.148 e. The highest BCUT2D eigenvalue weighted by Crippen LogP contribution is 2.32. The standard InChI is InChI=1S/C20H23N7/c21-12-17-16-7-3-1-2-4-8-19(16)24-20(18(17)13-22)26-10-5-6-15(14-26)27-11-9-23-25-27/h9,11,15H,1-8,10,14H2. The minimum absolute atomic E-state index is 0.210. The van der Waals surface area contributed by atoms with E-state index in [-0.39, 0.29) is 6.04 Å². The number of aryl methyl sites for hydroxylation is 1. The fraction of sp³-hybridized carbons (Fsp3) is 0.550. The summed E-state index contributed by atoms with van der Waals surface area (Å²) in [6.45, 7) is 1.57. The Kier molecular flexibility index (Phi) is 5.02. The highest BCUT2D eigenvalue weighted by molar-refractivity contribution is 5.65. The minimum Gasteiger partial charge on any atom is -0.353 e. The van der Waals surface area contributed by atoms with E-state index in [4.69, 9.17) is 4.98 Å². The summed E-state index contributed by atoms with van der Waals surface area (Å²) in [7, 11) is 0. The van der Waals surface area contributed by atoms with Crippen LogP contribution in [0.2, 0.25) is 0 Å². The maximum atomic E-state index is 9.84. The average molecular weight is 361 g/mol. The molecule has 0 radical (unpaired) electrons. The molecule has 0 amide bonds. The summed E-state index contributed by atoms with van der Waals surface area (Å²) < 4.78 is 1.89. The van der Waals surface area contributed by atoms with Crippen molar-refractivity contribution in [2.75, 3.05) is 18.0 Å². The van der Waals surface area contributed by atoms with Crippen LogP contribution in [0.5, 0.6) is 0 Å². The van der Waals surface area contributed by atoms with Crippen LogP contribution < -0.4 is 4.90 Å². The lowest BCUT2D eigenvalue weighted by atomic mass is 9.91. The zero-order chi connectivity index (χ0) is 18.6. The second-order valence-electron chi connectivity index (χ2n) is 7.37. The lowest BCUT2D eigenvalue weighted by Crippen LogP contribution is -2.38. The Balaban J connectivity index is 1.74. The molecule has 1 aliphatic carbocycles. The number of nitrogens with zero attached hydrogens (tertiary/aromatic N) is 7. The van der Waals surface area contributed by atoms with Crippen molar-refractivity contribution < 1.29 is 0 Å². The summed E-state index contributed by atoms with van der Waals surface area (Å²) in [5.41, 5.74) is 3.00. The molecular formula is C20H23N7. The Morgan fingerprint density at radius 3 is 2.56 bits per heavy atom. The van der Waals surface area contributed by atoms with Gasteiger partial charge in [-0.05, 0) is 44.1 Å². The third-order valence-corrected chi connectivity index (χ3v) is 5.69. The lowest BCUT2D eigenvalue weighted by molar-refractivity contribution is 0.368. The Bertz CT molecular complexity index is 889. The molecule has 1 atom stereocenters. The van der Waals surface area contributed by atoms with Crippen molar-refractivity contribution >= 4 is 5.82 Å². The number of pyridine rings is 1. The topological polar surface area (TPSA) is 94.4 Å². The number of hydrogen-bond acceptors (Lipinski definition) is 6. The van der Waals surface area contributed by atoms with Gasteiger partial charge in [-0.1, -0.05) is 18.1 Å². The molecule has 1 aliphatic heterocycles. The van der Waals surface area contributed by atoms with Gasteiger partial charge in [-0.25, -0.2) is 9.67 Å². The quantitative estimate of drug-likeness (QED) is 0.816.